The molecule has 0 bridgehead atoms. The minimum Gasteiger partial charge on any atom is -0.465 e. The lowest BCUT2D eigenvalue weighted by atomic mass is 10.2. The molecule has 0 saturated carbocycles. The maximum Gasteiger partial charge on any atom is 0.270 e. The van der Waals surface area contributed by atoms with E-state index in [1.54, 1.807) is 23.1 Å². The highest BCUT2D eigenvalue weighted by molar-refractivity contribution is 6.04. The van der Waals surface area contributed by atoms with Gasteiger partial charge in [-0.25, -0.2) is 0 Å². The van der Waals surface area contributed by atoms with Gasteiger partial charge in [-0.2, -0.15) is 0 Å². The van der Waals surface area contributed by atoms with Crippen LogP contribution in [0.1, 0.15) is 11.3 Å². The minimum atomic E-state index is -0.381. The summed E-state index contributed by atoms with van der Waals surface area (Å²) in [6, 6.07) is 12.9. The number of benzene rings is 1. The van der Waals surface area contributed by atoms with Crippen LogP contribution in [0.15, 0.2) is 64.9 Å². The molecule has 0 radical (unpaired) electrons. The third-order valence-corrected chi connectivity index (χ3v) is 3.84. The van der Waals surface area contributed by atoms with Crippen LogP contribution >= 0.6 is 0 Å². The number of rotatable bonds is 5. The molecule has 1 N–H and O–H groups in total. The molecular formula is C20H20N2O4. The van der Waals surface area contributed by atoms with Crippen molar-refractivity contribution in [1.29, 1.82) is 0 Å². The minimum absolute atomic E-state index is 0.171. The van der Waals surface area contributed by atoms with Crippen LogP contribution < -0.4 is 5.32 Å². The highest BCUT2D eigenvalue weighted by Crippen LogP contribution is 2.10. The molecule has 2 amide bonds. The van der Waals surface area contributed by atoms with Gasteiger partial charge in [-0.1, -0.05) is 30.3 Å². The lowest BCUT2D eigenvalue weighted by Crippen LogP contribution is -2.44. The predicted molar refractivity (Wildman–Crippen MR) is 97.7 cm³/mol. The summed E-state index contributed by atoms with van der Waals surface area (Å²) in [7, 11) is 0. The van der Waals surface area contributed by atoms with E-state index < -0.39 is 0 Å². The molecule has 3 rings (SSSR count). The Morgan fingerprint density at radius 1 is 1.04 bits per heavy atom. The summed E-state index contributed by atoms with van der Waals surface area (Å²) < 4.78 is 10.5. The van der Waals surface area contributed by atoms with Crippen LogP contribution in [0.4, 0.5) is 0 Å². The second-order valence-corrected chi connectivity index (χ2v) is 5.71. The fourth-order valence-corrected chi connectivity index (χ4v) is 2.51. The summed E-state index contributed by atoms with van der Waals surface area (Å²) in [5, 5.41) is 2.67. The molecule has 2 aromatic rings. The van der Waals surface area contributed by atoms with Crippen LogP contribution in [0, 0.1) is 0 Å². The Labute approximate surface area is 151 Å². The van der Waals surface area contributed by atoms with Crippen molar-refractivity contribution in [2.45, 2.75) is 0 Å². The number of furan rings is 1. The number of hydrogen-bond donors (Lipinski definition) is 1. The van der Waals surface area contributed by atoms with E-state index in [0.29, 0.717) is 32.1 Å². The first-order valence-electron chi connectivity index (χ1n) is 8.39. The van der Waals surface area contributed by atoms with Gasteiger partial charge in [0.25, 0.3) is 5.91 Å². The smallest absolute Gasteiger partial charge is 0.270 e. The summed E-state index contributed by atoms with van der Waals surface area (Å²) >= 11 is 0. The number of carbonyl (C=O) groups is 2. The average Bonchev–Trinajstić information content (AvgIpc) is 3.20. The standard InChI is InChI=1S/C20H20N2O4/c23-19(9-8-16-5-2-1-3-6-16)21-18(15-17-7-4-12-26-17)20(24)22-10-13-25-14-11-22/h1-9,12,15H,10-11,13-14H2,(H,21,23). The lowest BCUT2D eigenvalue weighted by Gasteiger charge is -2.27. The van der Waals surface area contributed by atoms with Crippen molar-refractivity contribution in [2.24, 2.45) is 0 Å². The quantitative estimate of drug-likeness (QED) is 0.838. The number of nitrogens with zero attached hydrogens (tertiary/aromatic N) is 1. The molecule has 26 heavy (non-hydrogen) atoms. The molecule has 1 aromatic heterocycles. The molecule has 1 aromatic carbocycles. The van der Waals surface area contributed by atoms with Gasteiger partial charge in [0.2, 0.25) is 5.91 Å². The first-order valence-corrected chi connectivity index (χ1v) is 8.39. The van der Waals surface area contributed by atoms with Crippen molar-refractivity contribution in [1.82, 2.24) is 10.2 Å². The van der Waals surface area contributed by atoms with Crippen molar-refractivity contribution in [3.8, 4) is 0 Å². The van der Waals surface area contributed by atoms with Gasteiger partial charge < -0.3 is 19.4 Å². The maximum atomic E-state index is 12.8. The second-order valence-electron chi connectivity index (χ2n) is 5.71. The van der Waals surface area contributed by atoms with Gasteiger partial charge in [-0.05, 0) is 23.8 Å². The van der Waals surface area contributed by atoms with Gasteiger partial charge in [0.1, 0.15) is 11.5 Å². The van der Waals surface area contributed by atoms with E-state index in [9.17, 15) is 9.59 Å². The topological polar surface area (TPSA) is 71.8 Å². The normalized spacial score (nSPS) is 15.2. The Bertz CT molecular complexity index is 788. The summed E-state index contributed by atoms with van der Waals surface area (Å²) in [5.41, 5.74) is 1.07. The molecule has 1 aliphatic rings. The number of morpholine rings is 1. The van der Waals surface area contributed by atoms with Crippen LogP contribution in [0.25, 0.3) is 12.2 Å². The number of ether oxygens (including phenoxy) is 1. The first kappa shape index (κ1) is 17.7. The fraction of sp³-hybridized carbons (Fsp3) is 0.200. The molecule has 6 nitrogen and oxygen atoms in total. The van der Waals surface area contributed by atoms with E-state index >= 15 is 0 Å². The molecule has 0 aliphatic carbocycles. The molecule has 134 valence electrons. The summed E-state index contributed by atoms with van der Waals surface area (Å²) in [6.45, 7) is 1.96. The largest absolute Gasteiger partial charge is 0.465 e. The van der Waals surface area contributed by atoms with E-state index in [-0.39, 0.29) is 17.5 Å². The number of amides is 2. The van der Waals surface area contributed by atoms with Crippen molar-refractivity contribution < 1.29 is 18.7 Å². The van der Waals surface area contributed by atoms with Crippen LogP contribution in [0.3, 0.4) is 0 Å². The van der Waals surface area contributed by atoms with Gasteiger partial charge >= 0.3 is 0 Å². The van der Waals surface area contributed by atoms with E-state index in [4.69, 9.17) is 9.15 Å². The lowest BCUT2D eigenvalue weighted by molar-refractivity contribution is -0.132. The second kappa shape index (κ2) is 8.82. The van der Waals surface area contributed by atoms with Crippen LogP contribution in [0.2, 0.25) is 0 Å². The molecule has 1 aliphatic heterocycles. The first-order chi connectivity index (χ1) is 12.7. The van der Waals surface area contributed by atoms with Crippen LogP contribution in [-0.4, -0.2) is 43.0 Å². The summed E-state index contributed by atoms with van der Waals surface area (Å²) in [4.78, 5) is 26.7. The van der Waals surface area contributed by atoms with Gasteiger partial charge in [-0.3, -0.25) is 9.59 Å². The zero-order chi connectivity index (χ0) is 18.2. The number of hydrogen-bond acceptors (Lipinski definition) is 4. The van der Waals surface area contributed by atoms with Crippen LogP contribution in [-0.2, 0) is 14.3 Å². The van der Waals surface area contributed by atoms with E-state index in [0.717, 1.165) is 5.56 Å². The molecule has 0 spiro atoms. The SMILES string of the molecule is O=C(C=Cc1ccccc1)NC(=Cc1ccco1)C(=O)N1CCOCC1. The Morgan fingerprint density at radius 2 is 1.81 bits per heavy atom. The van der Waals surface area contributed by atoms with Gasteiger partial charge in [0.05, 0.1) is 19.5 Å². The van der Waals surface area contributed by atoms with Crippen molar-refractivity contribution in [3.05, 3.63) is 71.8 Å². The van der Waals surface area contributed by atoms with Crippen molar-refractivity contribution in [2.75, 3.05) is 26.3 Å². The Balaban J connectivity index is 1.74. The molecule has 6 heteroatoms. The zero-order valence-electron chi connectivity index (χ0n) is 14.3. The van der Waals surface area contributed by atoms with Gasteiger partial charge in [-0.15, -0.1) is 0 Å². The monoisotopic (exact) mass is 352 g/mol. The maximum absolute atomic E-state index is 12.8. The summed E-state index contributed by atoms with van der Waals surface area (Å²) in [5.74, 6) is -0.145. The van der Waals surface area contributed by atoms with E-state index in [2.05, 4.69) is 5.32 Å². The number of carbonyl (C=O) groups excluding carboxylic acids is 2. The molecular weight excluding hydrogens is 332 g/mol. The Hall–Kier alpha value is -3.12. The molecule has 0 atom stereocenters. The van der Waals surface area contributed by atoms with Crippen molar-refractivity contribution >= 4 is 24.0 Å². The average molecular weight is 352 g/mol. The third kappa shape index (κ3) is 4.94. The predicted octanol–water partition coefficient (Wildman–Crippen LogP) is 2.31. The molecule has 1 fully saturated rings. The zero-order valence-corrected chi connectivity index (χ0v) is 14.3. The molecule has 1 saturated heterocycles. The fourth-order valence-electron chi connectivity index (χ4n) is 2.51. The molecule has 0 unspecified atom stereocenters. The van der Waals surface area contributed by atoms with Crippen molar-refractivity contribution in [3.63, 3.8) is 0 Å². The van der Waals surface area contributed by atoms with Gasteiger partial charge in [0.15, 0.2) is 0 Å². The third-order valence-electron chi connectivity index (χ3n) is 3.84. The molecule has 2 heterocycles. The summed E-state index contributed by atoms with van der Waals surface area (Å²) in [6.07, 6.45) is 6.14. The number of nitrogens with one attached hydrogen (secondary N) is 1. The highest BCUT2D eigenvalue weighted by Gasteiger charge is 2.22. The Morgan fingerprint density at radius 3 is 2.50 bits per heavy atom. The van der Waals surface area contributed by atoms with Crippen LogP contribution in [0.5, 0.6) is 0 Å². The van der Waals surface area contributed by atoms with E-state index in [1.807, 2.05) is 30.3 Å². The Kier molecular flexibility index (Phi) is 6.01. The van der Waals surface area contributed by atoms with Gasteiger partial charge in [0, 0.05) is 25.2 Å². The highest BCUT2D eigenvalue weighted by atomic mass is 16.5. The van der Waals surface area contributed by atoms with E-state index in [1.165, 1.54) is 18.4 Å².